The van der Waals surface area contributed by atoms with Crippen LogP contribution in [0.5, 0.6) is 11.5 Å². The van der Waals surface area contributed by atoms with Crippen molar-refractivity contribution in [2.75, 3.05) is 11.9 Å². The van der Waals surface area contributed by atoms with Crippen LogP contribution in [-0.2, 0) is 4.79 Å². The molecule has 0 radical (unpaired) electrons. The van der Waals surface area contributed by atoms with Crippen molar-refractivity contribution in [3.63, 3.8) is 0 Å². The fraction of sp³-hybridized carbons (Fsp3) is 0.316. The number of hydrogen-bond donors (Lipinski definition) is 1. The molecule has 128 valence electrons. The van der Waals surface area contributed by atoms with E-state index in [-0.39, 0.29) is 5.91 Å². The third-order valence-electron chi connectivity index (χ3n) is 3.20. The Morgan fingerprint density at radius 2 is 1.58 bits per heavy atom. The van der Waals surface area contributed by atoms with Crippen LogP contribution >= 0.6 is 11.6 Å². The minimum absolute atomic E-state index is 0.221. The van der Waals surface area contributed by atoms with Crippen LogP contribution in [-0.4, -0.2) is 18.6 Å². The van der Waals surface area contributed by atoms with Gasteiger partial charge in [0.15, 0.2) is 6.10 Å². The van der Waals surface area contributed by atoms with Crippen LogP contribution in [0.15, 0.2) is 48.5 Å². The molecule has 1 amide bonds. The Kier molecular flexibility index (Phi) is 6.50. The second-order valence-electron chi connectivity index (χ2n) is 5.93. The Balaban J connectivity index is 1.87. The van der Waals surface area contributed by atoms with E-state index < -0.39 is 6.10 Å². The number of halogens is 1. The number of carbonyl (C=O) groups is 1. The Hall–Kier alpha value is -2.20. The molecule has 24 heavy (non-hydrogen) atoms. The zero-order valence-electron chi connectivity index (χ0n) is 14.1. The summed E-state index contributed by atoms with van der Waals surface area (Å²) >= 11 is 5.83. The Morgan fingerprint density at radius 3 is 2.17 bits per heavy atom. The molecule has 1 atom stereocenters. The Morgan fingerprint density at radius 1 is 1.00 bits per heavy atom. The maximum absolute atomic E-state index is 12.2. The van der Waals surface area contributed by atoms with Crippen LogP contribution in [0.1, 0.15) is 20.8 Å². The van der Waals surface area contributed by atoms with E-state index >= 15 is 0 Å². The lowest BCUT2D eigenvalue weighted by Crippen LogP contribution is -2.30. The molecule has 0 saturated heterocycles. The van der Waals surface area contributed by atoms with E-state index in [0.717, 1.165) is 5.75 Å². The number of carbonyl (C=O) groups excluding carboxylic acids is 1. The first-order chi connectivity index (χ1) is 11.4. The number of rotatable bonds is 7. The smallest absolute Gasteiger partial charge is 0.265 e. The molecule has 0 spiro atoms. The summed E-state index contributed by atoms with van der Waals surface area (Å²) in [4.78, 5) is 12.2. The Labute approximate surface area is 147 Å². The van der Waals surface area contributed by atoms with Gasteiger partial charge >= 0.3 is 0 Å². The highest BCUT2D eigenvalue weighted by Crippen LogP contribution is 2.19. The molecule has 0 saturated carbocycles. The zero-order valence-corrected chi connectivity index (χ0v) is 14.8. The van der Waals surface area contributed by atoms with E-state index in [0.29, 0.717) is 29.0 Å². The molecular weight excluding hydrogens is 326 g/mol. The summed E-state index contributed by atoms with van der Waals surface area (Å²) in [6, 6.07) is 14.2. The van der Waals surface area contributed by atoms with E-state index in [1.54, 1.807) is 31.2 Å². The number of ether oxygens (including phenoxy) is 2. The van der Waals surface area contributed by atoms with Gasteiger partial charge in [-0.15, -0.1) is 0 Å². The average molecular weight is 348 g/mol. The average Bonchev–Trinajstić information content (AvgIpc) is 2.56. The maximum atomic E-state index is 12.2. The molecule has 5 heteroatoms. The van der Waals surface area contributed by atoms with Gasteiger partial charge in [0.05, 0.1) is 6.61 Å². The minimum atomic E-state index is -0.622. The van der Waals surface area contributed by atoms with Crippen LogP contribution in [0.4, 0.5) is 5.69 Å². The molecule has 0 aliphatic carbocycles. The topological polar surface area (TPSA) is 47.6 Å². The summed E-state index contributed by atoms with van der Waals surface area (Å²) in [5, 5.41) is 3.44. The molecule has 0 heterocycles. The molecular formula is C19H22ClNO3. The van der Waals surface area contributed by atoms with Crippen LogP contribution < -0.4 is 14.8 Å². The van der Waals surface area contributed by atoms with Crippen molar-refractivity contribution in [1.82, 2.24) is 0 Å². The monoisotopic (exact) mass is 347 g/mol. The van der Waals surface area contributed by atoms with Gasteiger partial charge in [0, 0.05) is 10.7 Å². The van der Waals surface area contributed by atoms with Crippen molar-refractivity contribution in [3.05, 3.63) is 53.6 Å². The first-order valence-electron chi connectivity index (χ1n) is 7.90. The number of nitrogens with one attached hydrogen (secondary N) is 1. The van der Waals surface area contributed by atoms with E-state index in [1.165, 1.54) is 0 Å². The summed E-state index contributed by atoms with van der Waals surface area (Å²) in [5.41, 5.74) is 0.698. The van der Waals surface area contributed by atoms with Crippen molar-refractivity contribution < 1.29 is 14.3 Å². The summed E-state index contributed by atoms with van der Waals surface area (Å²) in [6.45, 7) is 6.55. The second-order valence-corrected chi connectivity index (χ2v) is 6.37. The van der Waals surface area contributed by atoms with Gasteiger partial charge in [-0.3, -0.25) is 4.79 Å². The molecule has 0 fully saturated rings. The molecule has 2 aromatic carbocycles. The predicted octanol–water partition coefficient (Wildman–Crippen LogP) is 4.78. The summed E-state index contributed by atoms with van der Waals surface area (Å²) in [5.74, 6) is 1.63. The van der Waals surface area contributed by atoms with E-state index in [1.807, 2.05) is 24.3 Å². The number of benzene rings is 2. The van der Waals surface area contributed by atoms with Crippen LogP contribution in [0.2, 0.25) is 5.02 Å². The van der Waals surface area contributed by atoms with Gasteiger partial charge in [0.1, 0.15) is 11.5 Å². The van der Waals surface area contributed by atoms with E-state index in [4.69, 9.17) is 21.1 Å². The fourth-order valence-corrected chi connectivity index (χ4v) is 2.04. The molecule has 1 unspecified atom stereocenters. The van der Waals surface area contributed by atoms with E-state index in [9.17, 15) is 4.79 Å². The maximum Gasteiger partial charge on any atom is 0.265 e. The number of amides is 1. The normalized spacial score (nSPS) is 11.9. The second kappa shape index (κ2) is 8.60. The molecule has 0 aliphatic rings. The summed E-state index contributed by atoms with van der Waals surface area (Å²) < 4.78 is 11.2. The SMILES string of the molecule is CC(C)COc1ccc(NC(=O)C(C)Oc2ccc(Cl)cc2)cc1. The standard InChI is InChI=1S/C19H22ClNO3/c1-13(2)12-23-17-10-6-16(7-11-17)21-19(22)14(3)24-18-8-4-15(20)5-9-18/h4-11,13-14H,12H2,1-3H3,(H,21,22). The number of hydrogen-bond acceptors (Lipinski definition) is 3. The van der Waals surface area contributed by atoms with Gasteiger partial charge in [-0.2, -0.15) is 0 Å². The number of anilines is 1. The lowest BCUT2D eigenvalue weighted by Gasteiger charge is -2.15. The molecule has 0 aliphatic heterocycles. The zero-order chi connectivity index (χ0) is 17.5. The lowest BCUT2D eigenvalue weighted by atomic mass is 10.2. The van der Waals surface area contributed by atoms with Gasteiger partial charge in [-0.05, 0) is 61.4 Å². The third kappa shape index (κ3) is 5.78. The van der Waals surface area contributed by atoms with Gasteiger partial charge in [-0.1, -0.05) is 25.4 Å². The van der Waals surface area contributed by atoms with Crippen LogP contribution in [0.25, 0.3) is 0 Å². The van der Waals surface area contributed by atoms with Crippen molar-refractivity contribution >= 4 is 23.2 Å². The molecule has 2 aromatic rings. The van der Waals surface area contributed by atoms with Crippen molar-refractivity contribution in [2.24, 2.45) is 5.92 Å². The van der Waals surface area contributed by atoms with E-state index in [2.05, 4.69) is 19.2 Å². The fourth-order valence-electron chi connectivity index (χ4n) is 1.91. The summed E-state index contributed by atoms with van der Waals surface area (Å²) in [6.07, 6.45) is -0.622. The van der Waals surface area contributed by atoms with Crippen molar-refractivity contribution in [1.29, 1.82) is 0 Å². The predicted molar refractivity (Wildman–Crippen MR) is 96.9 cm³/mol. The molecule has 0 aromatic heterocycles. The highest BCUT2D eigenvalue weighted by molar-refractivity contribution is 6.30. The van der Waals surface area contributed by atoms with Crippen LogP contribution in [0.3, 0.4) is 0 Å². The summed E-state index contributed by atoms with van der Waals surface area (Å²) in [7, 11) is 0. The quantitative estimate of drug-likeness (QED) is 0.784. The van der Waals surface area contributed by atoms with Crippen molar-refractivity contribution in [3.8, 4) is 11.5 Å². The highest BCUT2D eigenvalue weighted by Gasteiger charge is 2.15. The van der Waals surface area contributed by atoms with Crippen molar-refractivity contribution in [2.45, 2.75) is 26.9 Å². The molecule has 0 bridgehead atoms. The van der Waals surface area contributed by atoms with Crippen LogP contribution in [0, 0.1) is 5.92 Å². The van der Waals surface area contributed by atoms with Gasteiger partial charge in [0.2, 0.25) is 0 Å². The minimum Gasteiger partial charge on any atom is -0.493 e. The lowest BCUT2D eigenvalue weighted by molar-refractivity contribution is -0.122. The first kappa shape index (κ1) is 18.1. The largest absolute Gasteiger partial charge is 0.493 e. The Bertz CT molecular complexity index is 653. The highest BCUT2D eigenvalue weighted by atomic mass is 35.5. The molecule has 4 nitrogen and oxygen atoms in total. The van der Waals surface area contributed by atoms with Gasteiger partial charge < -0.3 is 14.8 Å². The molecule has 1 N–H and O–H groups in total. The van der Waals surface area contributed by atoms with Gasteiger partial charge in [-0.25, -0.2) is 0 Å². The first-order valence-corrected chi connectivity index (χ1v) is 8.28. The third-order valence-corrected chi connectivity index (χ3v) is 3.45. The molecule has 2 rings (SSSR count). The van der Waals surface area contributed by atoms with Gasteiger partial charge in [0.25, 0.3) is 5.91 Å².